The van der Waals surface area contributed by atoms with Gasteiger partial charge in [0.1, 0.15) is 6.61 Å². The summed E-state index contributed by atoms with van der Waals surface area (Å²) >= 11 is 0. The van der Waals surface area contributed by atoms with E-state index in [0.717, 1.165) is 6.08 Å². The Hall–Kier alpha value is -1.04. The average molecular weight is 198 g/mol. The van der Waals surface area contributed by atoms with Crippen LogP contribution in [0, 0.1) is 0 Å². The third kappa shape index (κ3) is 2.73. The van der Waals surface area contributed by atoms with Crippen molar-refractivity contribution in [3.63, 3.8) is 0 Å². The van der Waals surface area contributed by atoms with E-state index in [1.54, 1.807) is 0 Å². The van der Waals surface area contributed by atoms with Crippen LogP contribution in [0.5, 0.6) is 0 Å². The number of hydrogen-bond acceptors (Lipinski definition) is 3. The Morgan fingerprint density at radius 1 is 1.62 bits per heavy atom. The summed E-state index contributed by atoms with van der Waals surface area (Å²) in [5, 5.41) is 8.27. The Bertz CT molecular complexity index is 208. The molecule has 0 amide bonds. The van der Waals surface area contributed by atoms with Crippen LogP contribution in [0.2, 0.25) is 0 Å². The molecule has 0 radical (unpaired) electrons. The van der Waals surface area contributed by atoms with Gasteiger partial charge >= 0.3 is 11.9 Å². The highest BCUT2D eigenvalue weighted by molar-refractivity contribution is 5.78. The van der Waals surface area contributed by atoms with Crippen LogP contribution >= 0.6 is 0 Å². The van der Waals surface area contributed by atoms with Crippen LogP contribution in [0.15, 0.2) is 12.7 Å². The van der Waals surface area contributed by atoms with Gasteiger partial charge in [0.2, 0.25) is 0 Å². The summed E-state index contributed by atoms with van der Waals surface area (Å²) in [6, 6.07) is 0. The van der Waals surface area contributed by atoms with Crippen molar-refractivity contribution in [2.45, 2.75) is 18.7 Å². The summed E-state index contributed by atoms with van der Waals surface area (Å²) in [5.41, 5.74) is 0. The second kappa shape index (κ2) is 3.78. The zero-order chi connectivity index (χ0) is 10.7. The topological polar surface area (TPSA) is 46.5 Å². The number of halogens is 3. The first-order valence-corrected chi connectivity index (χ1v) is 3.30. The normalized spacial score (nSPS) is 16.1. The SMILES string of the molecule is C=CCOC(=O)C(F)(F)C(C)(O)F. The third-order valence-corrected chi connectivity index (χ3v) is 1.16. The minimum absolute atomic E-state index is 0.169. The van der Waals surface area contributed by atoms with Gasteiger partial charge in [-0.3, -0.25) is 0 Å². The molecule has 0 saturated heterocycles. The molecule has 13 heavy (non-hydrogen) atoms. The number of alkyl halides is 3. The second-order valence-electron chi connectivity index (χ2n) is 2.41. The molecule has 0 rings (SSSR count). The predicted molar refractivity (Wildman–Crippen MR) is 37.8 cm³/mol. The largest absolute Gasteiger partial charge is 0.457 e. The highest BCUT2D eigenvalue weighted by Crippen LogP contribution is 2.30. The van der Waals surface area contributed by atoms with E-state index < -0.39 is 24.4 Å². The molecule has 1 atom stereocenters. The Balaban J connectivity index is 4.45. The first-order valence-electron chi connectivity index (χ1n) is 3.30. The Labute approximate surface area is 72.8 Å². The number of carbonyl (C=O) groups is 1. The van der Waals surface area contributed by atoms with Crippen molar-refractivity contribution in [3.8, 4) is 0 Å². The van der Waals surface area contributed by atoms with Gasteiger partial charge in [0.05, 0.1) is 0 Å². The lowest BCUT2D eigenvalue weighted by atomic mass is 10.2. The van der Waals surface area contributed by atoms with Crippen LogP contribution in [-0.4, -0.2) is 29.5 Å². The quantitative estimate of drug-likeness (QED) is 0.542. The molecule has 0 heterocycles. The van der Waals surface area contributed by atoms with Crippen molar-refractivity contribution in [2.24, 2.45) is 0 Å². The lowest BCUT2D eigenvalue weighted by molar-refractivity contribution is -0.248. The van der Waals surface area contributed by atoms with Crippen LogP contribution in [0.25, 0.3) is 0 Å². The summed E-state index contributed by atoms with van der Waals surface area (Å²) < 4.78 is 41.2. The van der Waals surface area contributed by atoms with Crippen molar-refractivity contribution in [1.29, 1.82) is 0 Å². The summed E-state index contributed by atoms with van der Waals surface area (Å²) in [5.74, 6) is -10.6. The Morgan fingerprint density at radius 3 is 2.38 bits per heavy atom. The van der Waals surface area contributed by atoms with Crippen LogP contribution < -0.4 is 0 Å². The molecule has 1 unspecified atom stereocenters. The van der Waals surface area contributed by atoms with E-state index in [9.17, 15) is 18.0 Å². The van der Waals surface area contributed by atoms with Crippen molar-refractivity contribution in [2.75, 3.05) is 6.61 Å². The third-order valence-electron chi connectivity index (χ3n) is 1.16. The van der Waals surface area contributed by atoms with Gasteiger partial charge in [0.25, 0.3) is 5.85 Å². The van der Waals surface area contributed by atoms with E-state index in [0.29, 0.717) is 0 Å². The van der Waals surface area contributed by atoms with Gasteiger partial charge in [0.15, 0.2) is 0 Å². The maximum Gasteiger partial charge on any atom is 0.399 e. The van der Waals surface area contributed by atoms with E-state index in [2.05, 4.69) is 11.3 Å². The summed E-state index contributed by atoms with van der Waals surface area (Å²) in [4.78, 5) is 10.5. The fourth-order valence-corrected chi connectivity index (χ4v) is 0.412. The monoisotopic (exact) mass is 198 g/mol. The van der Waals surface area contributed by atoms with Gasteiger partial charge < -0.3 is 9.84 Å². The standard InChI is InChI=1S/C7H9F3O3/c1-3-4-13-5(11)7(9,10)6(2,8)12/h3,12H,1,4H2,2H3. The zero-order valence-corrected chi connectivity index (χ0v) is 6.89. The summed E-state index contributed by atoms with van der Waals surface area (Å²) in [6.07, 6.45) is 1.04. The van der Waals surface area contributed by atoms with Gasteiger partial charge in [0, 0.05) is 6.92 Å². The lowest BCUT2D eigenvalue weighted by Crippen LogP contribution is -2.48. The molecular formula is C7H9F3O3. The molecule has 0 spiro atoms. The molecule has 6 heteroatoms. The first-order chi connectivity index (χ1) is 5.73. The molecule has 0 aliphatic carbocycles. The van der Waals surface area contributed by atoms with Crippen molar-refractivity contribution >= 4 is 5.97 Å². The number of carbonyl (C=O) groups excluding carboxylic acids is 1. The molecule has 0 aromatic heterocycles. The molecule has 3 nitrogen and oxygen atoms in total. The number of ether oxygens (including phenoxy) is 1. The van der Waals surface area contributed by atoms with Crippen molar-refractivity contribution in [3.05, 3.63) is 12.7 Å². The highest BCUT2D eigenvalue weighted by atomic mass is 19.3. The average Bonchev–Trinajstić information content (AvgIpc) is 1.97. The molecule has 0 aromatic carbocycles. The molecule has 76 valence electrons. The molecule has 0 fully saturated rings. The van der Waals surface area contributed by atoms with Crippen LogP contribution in [-0.2, 0) is 9.53 Å². The zero-order valence-electron chi connectivity index (χ0n) is 6.89. The maximum absolute atomic E-state index is 12.5. The Kier molecular flexibility index (Phi) is 3.48. The van der Waals surface area contributed by atoms with Gasteiger partial charge in [-0.05, 0) is 0 Å². The van der Waals surface area contributed by atoms with E-state index >= 15 is 0 Å². The second-order valence-corrected chi connectivity index (χ2v) is 2.41. The molecule has 0 aliphatic rings. The van der Waals surface area contributed by atoms with Crippen LogP contribution in [0.4, 0.5) is 13.2 Å². The number of aliphatic hydroxyl groups is 1. The van der Waals surface area contributed by atoms with E-state index in [-0.39, 0.29) is 6.92 Å². The van der Waals surface area contributed by atoms with E-state index in [1.165, 1.54) is 0 Å². The first kappa shape index (κ1) is 12.0. The fraction of sp³-hybridized carbons (Fsp3) is 0.571. The van der Waals surface area contributed by atoms with Crippen molar-refractivity contribution < 1.29 is 27.8 Å². The molecule has 0 bridgehead atoms. The van der Waals surface area contributed by atoms with Crippen LogP contribution in [0.1, 0.15) is 6.92 Å². The minimum atomic E-state index is -4.57. The van der Waals surface area contributed by atoms with Gasteiger partial charge in [-0.1, -0.05) is 12.7 Å². The number of rotatable bonds is 4. The van der Waals surface area contributed by atoms with Crippen LogP contribution in [0.3, 0.4) is 0 Å². The van der Waals surface area contributed by atoms with E-state index in [1.807, 2.05) is 0 Å². The molecule has 1 N–H and O–H groups in total. The highest BCUT2D eigenvalue weighted by Gasteiger charge is 2.58. The van der Waals surface area contributed by atoms with Gasteiger partial charge in [-0.25, -0.2) is 9.18 Å². The Morgan fingerprint density at radius 2 is 2.08 bits per heavy atom. The number of hydrogen-bond donors (Lipinski definition) is 1. The maximum atomic E-state index is 12.5. The fourth-order valence-electron chi connectivity index (χ4n) is 0.412. The van der Waals surface area contributed by atoms with Gasteiger partial charge in [-0.2, -0.15) is 8.78 Å². The summed E-state index contributed by atoms with van der Waals surface area (Å²) in [6.45, 7) is 2.80. The van der Waals surface area contributed by atoms with Gasteiger partial charge in [-0.15, -0.1) is 0 Å². The predicted octanol–water partition coefficient (Wildman–Crippen LogP) is 1.03. The number of esters is 1. The molecule has 0 aromatic rings. The molecule has 0 aliphatic heterocycles. The van der Waals surface area contributed by atoms with Crippen molar-refractivity contribution in [1.82, 2.24) is 0 Å². The lowest BCUT2D eigenvalue weighted by Gasteiger charge is -2.22. The summed E-state index contributed by atoms with van der Waals surface area (Å²) in [7, 11) is 0. The van der Waals surface area contributed by atoms with E-state index in [4.69, 9.17) is 5.11 Å². The molecular weight excluding hydrogens is 189 g/mol. The minimum Gasteiger partial charge on any atom is -0.457 e. The molecule has 0 saturated carbocycles. The smallest absolute Gasteiger partial charge is 0.399 e.